The molecule has 0 aromatic heterocycles. The highest BCUT2D eigenvalue weighted by molar-refractivity contribution is 9.10. The molecule has 0 aliphatic carbocycles. The Balaban J connectivity index is 2.81. The normalized spacial score (nSPS) is 9.80. The number of halogens is 3. The summed E-state index contributed by atoms with van der Waals surface area (Å²) in [5.41, 5.74) is 0.230. The van der Waals surface area contributed by atoms with Crippen LogP contribution in [-0.4, -0.2) is 12.5 Å². The lowest BCUT2D eigenvalue weighted by Crippen LogP contribution is -2.24. The third kappa shape index (κ3) is 3.64. The second-order valence-electron chi connectivity index (χ2n) is 2.82. The number of amides is 1. The Bertz CT molecular complexity index is 408. The monoisotopic (exact) mass is 291 g/mol. The maximum absolute atomic E-state index is 12.9. The van der Waals surface area contributed by atoms with Crippen molar-refractivity contribution in [3.8, 4) is 0 Å². The van der Waals surface area contributed by atoms with Gasteiger partial charge in [0.25, 0.3) is 5.91 Å². The lowest BCUT2D eigenvalue weighted by atomic mass is 10.2. The van der Waals surface area contributed by atoms with Crippen molar-refractivity contribution in [2.75, 3.05) is 6.54 Å². The van der Waals surface area contributed by atoms with Crippen molar-refractivity contribution in [3.63, 3.8) is 0 Å². The highest BCUT2D eigenvalue weighted by atomic mass is 79.9. The molecule has 1 aromatic rings. The first-order valence-corrected chi connectivity index (χ1v) is 5.24. The van der Waals surface area contributed by atoms with E-state index < -0.39 is 11.7 Å². The molecule has 0 atom stereocenters. The van der Waals surface area contributed by atoms with E-state index in [4.69, 9.17) is 11.6 Å². The first-order chi connectivity index (χ1) is 7.00. The van der Waals surface area contributed by atoms with Crippen LogP contribution in [0.1, 0.15) is 10.4 Å². The minimum atomic E-state index is -0.465. The molecule has 0 fully saturated rings. The molecule has 1 amide bonds. The van der Waals surface area contributed by atoms with E-state index in [-0.39, 0.29) is 12.1 Å². The van der Waals surface area contributed by atoms with Gasteiger partial charge >= 0.3 is 0 Å². The minimum Gasteiger partial charge on any atom is -0.347 e. The molecule has 80 valence electrons. The fourth-order valence-electron chi connectivity index (χ4n) is 0.943. The van der Waals surface area contributed by atoms with E-state index >= 15 is 0 Å². The summed E-state index contributed by atoms with van der Waals surface area (Å²) in [6.45, 7) is 3.58. The molecule has 0 saturated carbocycles. The van der Waals surface area contributed by atoms with Crippen LogP contribution in [0.25, 0.3) is 0 Å². The van der Waals surface area contributed by atoms with Crippen molar-refractivity contribution < 1.29 is 9.18 Å². The van der Waals surface area contributed by atoms with Crippen LogP contribution >= 0.6 is 27.5 Å². The van der Waals surface area contributed by atoms with Crippen LogP contribution in [0.5, 0.6) is 0 Å². The number of hydrogen-bond acceptors (Lipinski definition) is 1. The first kappa shape index (κ1) is 12.2. The van der Waals surface area contributed by atoms with Crippen LogP contribution in [-0.2, 0) is 0 Å². The molecule has 5 heteroatoms. The summed E-state index contributed by atoms with van der Waals surface area (Å²) in [6.07, 6.45) is 0. The molecule has 0 heterocycles. The molecule has 15 heavy (non-hydrogen) atoms. The molecule has 0 unspecified atom stereocenters. The standard InChI is InChI=1S/C10H8BrClFNO/c1-6(12)5-14-10(15)8-4-7(13)2-3-9(8)11/h2-4H,1,5H2,(H,14,15). The quantitative estimate of drug-likeness (QED) is 0.911. The third-order valence-corrected chi connectivity index (χ3v) is 2.44. The van der Waals surface area contributed by atoms with Gasteiger partial charge in [-0.1, -0.05) is 18.2 Å². The zero-order valence-corrected chi connectivity index (χ0v) is 10.0. The van der Waals surface area contributed by atoms with Crippen LogP contribution in [0.4, 0.5) is 4.39 Å². The Labute approximate surface area is 100 Å². The van der Waals surface area contributed by atoms with Crippen LogP contribution in [0, 0.1) is 5.82 Å². The summed E-state index contributed by atoms with van der Waals surface area (Å²) in [4.78, 5) is 11.5. The molecule has 0 saturated heterocycles. The zero-order chi connectivity index (χ0) is 11.4. The van der Waals surface area contributed by atoms with Gasteiger partial charge in [-0.05, 0) is 34.1 Å². The fraction of sp³-hybridized carbons (Fsp3) is 0.100. The topological polar surface area (TPSA) is 29.1 Å². The van der Waals surface area contributed by atoms with Gasteiger partial charge in [0, 0.05) is 9.51 Å². The summed E-state index contributed by atoms with van der Waals surface area (Å²) < 4.78 is 13.4. The van der Waals surface area contributed by atoms with E-state index in [1.54, 1.807) is 0 Å². The van der Waals surface area contributed by atoms with Crippen LogP contribution < -0.4 is 5.32 Å². The van der Waals surface area contributed by atoms with Crippen molar-refractivity contribution in [1.29, 1.82) is 0 Å². The van der Waals surface area contributed by atoms with Crippen molar-refractivity contribution in [3.05, 3.63) is 45.7 Å². The van der Waals surface area contributed by atoms with Gasteiger partial charge in [-0.2, -0.15) is 0 Å². The van der Waals surface area contributed by atoms with Gasteiger partial charge in [0.2, 0.25) is 0 Å². The van der Waals surface area contributed by atoms with Crippen LogP contribution in [0.2, 0.25) is 0 Å². The molecule has 0 aliphatic heterocycles. The number of carbonyl (C=O) groups is 1. The van der Waals surface area contributed by atoms with Gasteiger partial charge in [0.15, 0.2) is 0 Å². The summed E-state index contributed by atoms with van der Waals surface area (Å²) in [5.74, 6) is -0.865. The number of rotatable bonds is 3. The van der Waals surface area contributed by atoms with Crippen molar-refractivity contribution in [1.82, 2.24) is 5.32 Å². The third-order valence-electron chi connectivity index (χ3n) is 1.61. The molecule has 0 spiro atoms. The predicted octanol–water partition coefficient (Wildman–Crippen LogP) is 3.07. The summed E-state index contributed by atoms with van der Waals surface area (Å²) in [5, 5.41) is 2.81. The largest absolute Gasteiger partial charge is 0.347 e. The van der Waals surface area contributed by atoms with E-state index in [9.17, 15) is 9.18 Å². The molecular weight excluding hydrogens is 284 g/mol. The molecule has 0 bridgehead atoms. The molecule has 1 rings (SSSR count). The SMILES string of the molecule is C=C(Cl)CNC(=O)c1cc(F)ccc1Br. The average molecular weight is 293 g/mol. The number of benzene rings is 1. The number of hydrogen-bond donors (Lipinski definition) is 1. The van der Waals surface area contributed by atoms with E-state index in [1.807, 2.05) is 0 Å². The molecule has 2 nitrogen and oxygen atoms in total. The average Bonchev–Trinajstić information content (AvgIpc) is 2.18. The Morgan fingerprint density at radius 1 is 1.60 bits per heavy atom. The smallest absolute Gasteiger partial charge is 0.252 e. The molecule has 1 N–H and O–H groups in total. The van der Waals surface area contributed by atoms with Gasteiger partial charge in [-0.15, -0.1) is 0 Å². The van der Waals surface area contributed by atoms with E-state index in [2.05, 4.69) is 27.8 Å². The Hall–Kier alpha value is -0.870. The number of carbonyl (C=O) groups excluding carboxylic acids is 1. The number of nitrogens with one attached hydrogen (secondary N) is 1. The van der Waals surface area contributed by atoms with Gasteiger partial charge in [0.05, 0.1) is 12.1 Å². The van der Waals surface area contributed by atoms with Crippen LogP contribution in [0.15, 0.2) is 34.3 Å². The Morgan fingerprint density at radius 2 is 2.27 bits per heavy atom. The predicted molar refractivity (Wildman–Crippen MR) is 61.4 cm³/mol. The highest BCUT2D eigenvalue weighted by Crippen LogP contribution is 2.17. The maximum atomic E-state index is 12.9. The lowest BCUT2D eigenvalue weighted by Gasteiger charge is -2.05. The fourth-order valence-corrected chi connectivity index (χ4v) is 1.44. The summed E-state index contributed by atoms with van der Waals surface area (Å²) >= 11 is 8.64. The van der Waals surface area contributed by atoms with Crippen molar-refractivity contribution in [2.24, 2.45) is 0 Å². The lowest BCUT2D eigenvalue weighted by molar-refractivity contribution is 0.0956. The summed E-state index contributed by atoms with van der Waals surface area (Å²) in [7, 11) is 0. The van der Waals surface area contributed by atoms with Gasteiger partial charge in [-0.3, -0.25) is 4.79 Å². The Morgan fingerprint density at radius 3 is 2.87 bits per heavy atom. The summed E-state index contributed by atoms with van der Waals surface area (Å²) in [6, 6.07) is 3.89. The van der Waals surface area contributed by atoms with E-state index in [1.165, 1.54) is 12.1 Å². The van der Waals surface area contributed by atoms with Crippen LogP contribution in [0.3, 0.4) is 0 Å². The minimum absolute atomic E-state index is 0.156. The van der Waals surface area contributed by atoms with Crippen molar-refractivity contribution in [2.45, 2.75) is 0 Å². The van der Waals surface area contributed by atoms with E-state index in [0.29, 0.717) is 9.51 Å². The second kappa shape index (κ2) is 5.28. The van der Waals surface area contributed by atoms with Gasteiger partial charge in [0.1, 0.15) is 5.82 Å². The Kier molecular flexibility index (Phi) is 4.29. The molecule has 0 radical (unpaired) electrons. The second-order valence-corrected chi connectivity index (χ2v) is 4.21. The van der Waals surface area contributed by atoms with E-state index in [0.717, 1.165) is 6.07 Å². The molecular formula is C10H8BrClFNO. The zero-order valence-electron chi connectivity index (χ0n) is 7.69. The highest BCUT2D eigenvalue weighted by Gasteiger charge is 2.10. The first-order valence-electron chi connectivity index (χ1n) is 4.07. The molecule has 1 aromatic carbocycles. The molecule has 0 aliphatic rings. The van der Waals surface area contributed by atoms with Gasteiger partial charge in [-0.25, -0.2) is 4.39 Å². The van der Waals surface area contributed by atoms with Gasteiger partial charge < -0.3 is 5.32 Å². The maximum Gasteiger partial charge on any atom is 0.252 e. The van der Waals surface area contributed by atoms with Crippen molar-refractivity contribution >= 4 is 33.4 Å².